The first-order valence-corrected chi connectivity index (χ1v) is 16.2. The summed E-state index contributed by atoms with van der Waals surface area (Å²) in [5, 5.41) is 10.9. The largest absolute Gasteiger partial charge is 0.330 e. The second-order valence-corrected chi connectivity index (χ2v) is 12.5. The zero-order valence-corrected chi connectivity index (χ0v) is 26.4. The molecule has 3 heterocycles. The highest BCUT2D eigenvalue weighted by Crippen LogP contribution is 2.23. The quantitative estimate of drug-likeness (QED) is 0.161. The number of rotatable bonds is 13. The zero-order valence-electron chi connectivity index (χ0n) is 26.4. The molecule has 0 aliphatic carbocycles. The van der Waals surface area contributed by atoms with Crippen LogP contribution in [0, 0.1) is 5.92 Å². The molecule has 0 spiro atoms. The second-order valence-electron chi connectivity index (χ2n) is 12.5. The Balaban J connectivity index is 1.27. The number of nitrogens with one attached hydrogen (secondary N) is 2. The molecule has 232 valence electrons. The molecule has 0 bridgehead atoms. The summed E-state index contributed by atoms with van der Waals surface area (Å²) in [5.41, 5.74) is 4.88. The Bertz CT molecular complexity index is 1500. The minimum absolute atomic E-state index is 0.0257. The topological polar surface area (TPSA) is 94.2 Å². The van der Waals surface area contributed by atoms with E-state index in [-0.39, 0.29) is 17.9 Å². The summed E-state index contributed by atoms with van der Waals surface area (Å²) in [7, 11) is 0. The van der Waals surface area contributed by atoms with E-state index >= 15 is 0 Å². The molecule has 0 atom stereocenters. The maximum Gasteiger partial charge on any atom is 0.272 e. The molecule has 44 heavy (non-hydrogen) atoms. The van der Waals surface area contributed by atoms with Gasteiger partial charge < -0.3 is 15.1 Å². The average Bonchev–Trinajstić information content (AvgIpc) is 3.51. The smallest absolute Gasteiger partial charge is 0.272 e. The summed E-state index contributed by atoms with van der Waals surface area (Å²) < 4.78 is 0. The summed E-state index contributed by atoms with van der Waals surface area (Å²) in [6.45, 7) is 10.3. The lowest BCUT2D eigenvalue weighted by Gasteiger charge is -2.38. The number of benzene rings is 2. The summed E-state index contributed by atoms with van der Waals surface area (Å²) in [5.74, 6) is 0.485. The van der Waals surface area contributed by atoms with Crippen molar-refractivity contribution < 1.29 is 9.59 Å². The van der Waals surface area contributed by atoms with Crippen LogP contribution in [0.1, 0.15) is 91.3 Å². The second kappa shape index (κ2) is 15.1. The lowest BCUT2D eigenvalue weighted by Crippen LogP contribution is -2.47. The summed E-state index contributed by atoms with van der Waals surface area (Å²) in [6, 6.07) is 17.3. The normalized spacial score (nSPS) is 14.3. The zero-order chi connectivity index (χ0) is 30.9. The lowest BCUT2D eigenvalue weighted by atomic mass is 10.00. The molecule has 1 aliphatic heterocycles. The number of likely N-dealkylation sites (tertiary alicyclic amines) is 1. The van der Waals surface area contributed by atoms with Gasteiger partial charge in [0.15, 0.2) is 0 Å². The number of nitrogens with zero attached hydrogens (tertiary/aromatic N) is 4. The number of amides is 2. The van der Waals surface area contributed by atoms with E-state index in [1.54, 1.807) is 6.20 Å². The van der Waals surface area contributed by atoms with Gasteiger partial charge >= 0.3 is 0 Å². The van der Waals surface area contributed by atoms with Gasteiger partial charge in [-0.3, -0.25) is 19.7 Å². The molecule has 5 rings (SSSR count). The maximum atomic E-state index is 13.9. The number of anilines is 1. The Morgan fingerprint density at radius 1 is 1.00 bits per heavy atom. The molecule has 4 aromatic rings. The molecular formula is C36H46N6O2. The van der Waals surface area contributed by atoms with E-state index in [9.17, 15) is 9.59 Å². The van der Waals surface area contributed by atoms with Crippen LogP contribution in [0.25, 0.3) is 10.9 Å². The number of hydrogen-bond donors (Lipinski definition) is 2. The van der Waals surface area contributed by atoms with Crippen LogP contribution in [0.2, 0.25) is 0 Å². The van der Waals surface area contributed by atoms with Crippen molar-refractivity contribution in [3.63, 3.8) is 0 Å². The van der Waals surface area contributed by atoms with Crippen molar-refractivity contribution in [1.82, 2.24) is 25.0 Å². The molecule has 8 nitrogen and oxygen atoms in total. The summed E-state index contributed by atoms with van der Waals surface area (Å²) >= 11 is 0. The van der Waals surface area contributed by atoms with E-state index in [4.69, 9.17) is 0 Å². The Hall–Kier alpha value is -4.04. The van der Waals surface area contributed by atoms with E-state index < -0.39 is 0 Å². The number of fused-ring (bicyclic) bond motifs is 1. The molecule has 2 amide bonds. The van der Waals surface area contributed by atoms with Crippen LogP contribution >= 0.6 is 0 Å². The van der Waals surface area contributed by atoms with Crippen LogP contribution in [0.4, 0.5) is 5.69 Å². The number of carbonyl (C=O) groups is 2. The number of pyridine rings is 1. The number of carbonyl (C=O) groups excluding carboxylic acids is 2. The minimum Gasteiger partial charge on any atom is -0.330 e. The molecule has 1 fully saturated rings. The van der Waals surface area contributed by atoms with Gasteiger partial charge in [0.2, 0.25) is 0 Å². The molecule has 2 N–H and O–H groups in total. The third-order valence-corrected chi connectivity index (χ3v) is 8.66. The van der Waals surface area contributed by atoms with Gasteiger partial charge in [0.05, 0.1) is 11.7 Å². The van der Waals surface area contributed by atoms with Crippen molar-refractivity contribution in [2.45, 2.75) is 78.3 Å². The van der Waals surface area contributed by atoms with E-state index in [1.807, 2.05) is 59.6 Å². The number of unbranched alkanes of at least 4 members (excludes halogenated alkanes) is 2. The SMILES string of the molecule is CCCCCc1ccc(C(=O)N(Cc2ccc(C(=O)Nc3ccc4[nH]ncc4c3)cc2)C2CCN(CCC(C)C)CC2)nc1. The molecule has 1 saturated heterocycles. The van der Waals surface area contributed by atoms with E-state index in [2.05, 4.69) is 52.2 Å². The highest BCUT2D eigenvalue weighted by atomic mass is 16.2. The van der Waals surface area contributed by atoms with Crippen molar-refractivity contribution >= 4 is 28.4 Å². The monoisotopic (exact) mass is 594 g/mol. The number of aromatic amines is 1. The highest BCUT2D eigenvalue weighted by molar-refractivity contribution is 6.05. The number of H-pyrrole nitrogens is 1. The predicted molar refractivity (Wildman–Crippen MR) is 177 cm³/mol. The van der Waals surface area contributed by atoms with Gasteiger partial charge in [-0.25, -0.2) is 0 Å². The van der Waals surface area contributed by atoms with Crippen LogP contribution in [-0.2, 0) is 13.0 Å². The molecule has 0 saturated carbocycles. The first-order valence-electron chi connectivity index (χ1n) is 16.2. The minimum atomic E-state index is -0.177. The van der Waals surface area contributed by atoms with E-state index in [1.165, 1.54) is 24.8 Å². The van der Waals surface area contributed by atoms with Crippen molar-refractivity contribution in [2.24, 2.45) is 5.92 Å². The molecule has 2 aromatic carbocycles. The van der Waals surface area contributed by atoms with Gasteiger partial charge in [-0.05, 0) is 92.1 Å². The van der Waals surface area contributed by atoms with Gasteiger partial charge in [-0.2, -0.15) is 5.10 Å². The Morgan fingerprint density at radius 3 is 2.48 bits per heavy atom. The summed E-state index contributed by atoms with van der Waals surface area (Å²) in [4.78, 5) is 36.1. The fraction of sp³-hybridized carbons (Fsp3) is 0.444. The van der Waals surface area contributed by atoms with Crippen molar-refractivity contribution in [3.05, 3.63) is 89.4 Å². The highest BCUT2D eigenvalue weighted by Gasteiger charge is 2.29. The van der Waals surface area contributed by atoms with Gasteiger partial charge in [0.25, 0.3) is 11.8 Å². The number of aryl methyl sites for hydroxylation is 1. The first-order chi connectivity index (χ1) is 21.4. The maximum absolute atomic E-state index is 13.9. The molecule has 8 heteroatoms. The Kier molecular flexibility index (Phi) is 10.8. The molecule has 0 radical (unpaired) electrons. The van der Waals surface area contributed by atoms with Crippen LogP contribution in [0.5, 0.6) is 0 Å². The molecule has 0 unspecified atom stereocenters. The van der Waals surface area contributed by atoms with Crippen LogP contribution < -0.4 is 5.32 Å². The van der Waals surface area contributed by atoms with Crippen molar-refractivity contribution in [3.8, 4) is 0 Å². The predicted octanol–water partition coefficient (Wildman–Crippen LogP) is 7.10. The number of aromatic nitrogens is 3. The van der Waals surface area contributed by atoms with Crippen LogP contribution in [0.3, 0.4) is 0 Å². The third-order valence-electron chi connectivity index (χ3n) is 8.66. The average molecular weight is 595 g/mol. The number of hydrogen-bond acceptors (Lipinski definition) is 5. The fourth-order valence-corrected chi connectivity index (χ4v) is 5.87. The first kappa shape index (κ1) is 31.4. The third kappa shape index (κ3) is 8.32. The van der Waals surface area contributed by atoms with Crippen molar-refractivity contribution in [1.29, 1.82) is 0 Å². The fourth-order valence-electron chi connectivity index (χ4n) is 5.87. The summed E-state index contributed by atoms with van der Waals surface area (Å²) in [6.07, 6.45) is 11.2. The Labute approximate surface area is 261 Å². The molecular weight excluding hydrogens is 548 g/mol. The van der Waals surface area contributed by atoms with E-state index in [0.29, 0.717) is 29.4 Å². The van der Waals surface area contributed by atoms with Crippen molar-refractivity contribution in [2.75, 3.05) is 25.0 Å². The van der Waals surface area contributed by atoms with Crippen LogP contribution in [-0.4, -0.2) is 62.5 Å². The van der Waals surface area contributed by atoms with Gasteiger partial charge in [0, 0.05) is 48.5 Å². The molecule has 1 aliphatic rings. The van der Waals surface area contributed by atoms with E-state index in [0.717, 1.165) is 61.8 Å². The van der Waals surface area contributed by atoms with Crippen LogP contribution in [0.15, 0.2) is 67.0 Å². The Morgan fingerprint density at radius 2 is 1.77 bits per heavy atom. The standard InChI is InChI=1S/C36H46N6O2/c1-4-5-6-7-27-10-14-34(37-23-27)36(44)42(32-17-20-41(21-18-32)19-16-26(2)3)25-28-8-11-29(12-9-28)35(43)39-31-13-15-33-30(22-31)24-38-40-33/h8-15,22-24,26,32H,4-7,16-21,25H2,1-3H3,(H,38,40)(H,39,43). The van der Waals surface area contributed by atoms with Gasteiger partial charge in [-0.1, -0.05) is 51.8 Å². The lowest BCUT2D eigenvalue weighted by molar-refractivity contribution is 0.0540. The van der Waals surface area contributed by atoms with Gasteiger partial charge in [-0.15, -0.1) is 0 Å². The van der Waals surface area contributed by atoms with Gasteiger partial charge in [0.1, 0.15) is 5.69 Å². The number of piperidine rings is 1. The molecule has 2 aromatic heterocycles.